The molecule has 0 bridgehead atoms. The van der Waals surface area contributed by atoms with E-state index in [2.05, 4.69) is 13.5 Å². The summed E-state index contributed by atoms with van der Waals surface area (Å²) in [6.45, 7) is 5.69. The fourth-order valence-corrected chi connectivity index (χ4v) is 1.69. The molecule has 1 aromatic rings. The normalized spacial score (nSPS) is 11.3. The van der Waals surface area contributed by atoms with E-state index in [9.17, 15) is 9.59 Å². The summed E-state index contributed by atoms with van der Waals surface area (Å²) < 4.78 is 0. The Morgan fingerprint density at radius 3 is 2.23 bits per heavy atom. The fourth-order valence-electron chi connectivity index (χ4n) is 1.69. The minimum Gasteiger partial charge on any atom is -0.481 e. The van der Waals surface area contributed by atoms with Gasteiger partial charge in [0.05, 0.1) is 12.8 Å². The summed E-state index contributed by atoms with van der Waals surface area (Å²) in [5, 5.41) is 16.8. The van der Waals surface area contributed by atoms with E-state index < -0.39 is 11.9 Å². The van der Waals surface area contributed by atoms with Gasteiger partial charge in [-0.3, -0.25) is 9.59 Å². The van der Waals surface area contributed by atoms with Crippen molar-refractivity contribution in [2.75, 3.05) is 0 Å². The molecule has 0 saturated carbocycles. The molecule has 1 unspecified atom stereocenters. The molecule has 0 aliphatic carbocycles. The van der Waals surface area contributed by atoms with Crippen molar-refractivity contribution in [2.24, 2.45) is 0 Å². The Balaban J connectivity index is 0.000000433. The number of rotatable bonds is 8. The maximum absolute atomic E-state index is 10.5. The van der Waals surface area contributed by atoms with Crippen molar-refractivity contribution in [3.05, 3.63) is 60.7 Å². The molecule has 0 saturated heterocycles. The SMILES string of the molecule is C=CC(CC(=O)O)c1ccccc1.CCC/C=C/CC(=O)O. The molecule has 0 aliphatic heterocycles. The Morgan fingerprint density at radius 1 is 1.14 bits per heavy atom. The third kappa shape index (κ3) is 10.4. The van der Waals surface area contributed by atoms with Crippen LogP contribution in [0.3, 0.4) is 0 Å². The molecule has 0 amide bonds. The van der Waals surface area contributed by atoms with Gasteiger partial charge in [0, 0.05) is 5.92 Å². The van der Waals surface area contributed by atoms with E-state index >= 15 is 0 Å². The van der Waals surface area contributed by atoms with Crippen LogP contribution in [-0.2, 0) is 9.59 Å². The summed E-state index contributed by atoms with van der Waals surface area (Å²) in [6, 6.07) is 9.52. The third-order valence-corrected chi connectivity index (χ3v) is 2.82. The monoisotopic (exact) mass is 304 g/mol. The van der Waals surface area contributed by atoms with Gasteiger partial charge >= 0.3 is 11.9 Å². The molecule has 2 N–H and O–H groups in total. The van der Waals surface area contributed by atoms with Gasteiger partial charge in [-0.05, 0) is 12.0 Å². The molecule has 0 radical (unpaired) electrons. The number of carboxylic acid groups (broad SMARTS) is 2. The number of benzene rings is 1. The molecule has 1 aromatic carbocycles. The van der Waals surface area contributed by atoms with Crippen LogP contribution in [0.25, 0.3) is 0 Å². The lowest BCUT2D eigenvalue weighted by Gasteiger charge is -2.08. The standard InChI is InChI=1S/C11H12O2.C7H12O2/c1-2-9(8-11(12)13)10-6-4-3-5-7-10;1-2-3-4-5-6-7(8)9/h2-7,9H,1,8H2,(H,12,13);4-5H,2-3,6H2,1H3,(H,8,9)/b;5-4+. The van der Waals surface area contributed by atoms with Crippen molar-refractivity contribution in [2.45, 2.75) is 38.5 Å². The molecule has 1 atom stereocenters. The number of aliphatic carboxylic acids is 2. The zero-order valence-electron chi connectivity index (χ0n) is 12.9. The summed E-state index contributed by atoms with van der Waals surface area (Å²) >= 11 is 0. The highest BCUT2D eigenvalue weighted by molar-refractivity contribution is 5.68. The van der Waals surface area contributed by atoms with Crippen molar-refractivity contribution in [1.29, 1.82) is 0 Å². The molecule has 0 heterocycles. The largest absolute Gasteiger partial charge is 0.481 e. The van der Waals surface area contributed by atoms with Crippen molar-refractivity contribution in [1.82, 2.24) is 0 Å². The van der Waals surface area contributed by atoms with Gasteiger partial charge < -0.3 is 10.2 Å². The first-order valence-corrected chi connectivity index (χ1v) is 7.27. The van der Waals surface area contributed by atoms with Crippen LogP contribution in [-0.4, -0.2) is 22.2 Å². The third-order valence-electron chi connectivity index (χ3n) is 2.82. The fraction of sp³-hybridized carbons (Fsp3) is 0.333. The maximum Gasteiger partial charge on any atom is 0.307 e. The van der Waals surface area contributed by atoms with Crippen LogP contribution >= 0.6 is 0 Å². The van der Waals surface area contributed by atoms with Crippen LogP contribution in [0.1, 0.15) is 44.1 Å². The number of hydrogen-bond donors (Lipinski definition) is 2. The minimum atomic E-state index is -0.797. The van der Waals surface area contributed by atoms with Crippen LogP contribution in [0.15, 0.2) is 55.1 Å². The summed E-state index contributed by atoms with van der Waals surface area (Å²) in [5.41, 5.74) is 1.000. The lowest BCUT2D eigenvalue weighted by Crippen LogP contribution is -2.03. The van der Waals surface area contributed by atoms with Crippen LogP contribution in [0, 0.1) is 0 Å². The van der Waals surface area contributed by atoms with Gasteiger partial charge in [0.15, 0.2) is 0 Å². The van der Waals surface area contributed by atoms with Gasteiger partial charge in [-0.1, -0.05) is 61.9 Å². The molecule has 120 valence electrons. The molecule has 0 spiro atoms. The Hall–Kier alpha value is -2.36. The first kappa shape index (κ1) is 19.6. The van der Waals surface area contributed by atoms with E-state index in [-0.39, 0.29) is 18.8 Å². The van der Waals surface area contributed by atoms with Gasteiger partial charge in [0.1, 0.15) is 0 Å². The summed E-state index contributed by atoms with van der Waals surface area (Å²) in [5.74, 6) is -1.64. The number of carbonyl (C=O) groups is 2. The predicted octanol–water partition coefficient (Wildman–Crippen LogP) is 4.25. The summed E-state index contributed by atoms with van der Waals surface area (Å²) in [6.07, 6.45) is 7.57. The lowest BCUT2D eigenvalue weighted by atomic mass is 9.96. The summed E-state index contributed by atoms with van der Waals surface area (Å²) in [4.78, 5) is 20.4. The molecule has 1 rings (SSSR count). The predicted molar refractivity (Wildman–Crippen MR) is 87.9 cm³/mol. The van der Waals surface area contributed by atoms with Crippen molar-refractivity contribution in [3.63, 3.8) is 0 Å². The van der Waals surface area contributed by atoms with E-state index in [0.717, 1.165) is 18.4 Å². The van der Waals surface area contributed by atoms with Crippen LogP contribution < -0.4 is 0 Å². The Labute approximate surface area is 131 Å². The molecule has 0 aromatic heterocycles. The van der Waals surface area contributed by atoms with E-state index in [4.69, 9.17) is 10.2 Å². The van der Waals surface area contributed by atoms with E-state index in [1.807, 2.05) is 36.4 Å². The number of hydrogen-bond acceptors (Lipinski definition) is 2. The Bertz CT molecular complexity index is 477. The van der Waals surface area contributed by atoms with Crippen molar-refractivity contribution < 1.29 is 19.8 Å². The summed E-state index contributed by atoms with van der Waals surface area (Å²) in [7, 11) is 0. The van der Waals surface area contributed by atoms with Gasteiger partial charge in [-0.2, -0.15) is 0 Å². The smallest absolute Gasteiger partial charge is 0.307 e. The van der Waals surface area contributed by atoms with E-state index in [1.54, 1.807) is 12.2 Å². The molecular formula is C18H24O4. The first-order chi connectivity index (χ1) is 10.5. The topological polar surface area (TPSA) is 74.6 Å². The van der Waals surface area contributed by atoms with Crippen LogP contribution in [0.2, 0.25) is 0 Å². The molecule has 0 aliphatic rings. The van der Waals surface area contributed by atoms with Crippen molar-refractivity contribution >= 4 is 11.9 Å². The van der Waals surface area contributed by atoms with E-state index in [1.165, 1.54) is 0 Å². The number of allylic oxidation sites excluding steroid dienone is 2. The zero-order chi connectivity index (χ0) is 16.8. The quantitative estimate of drug-likeness (QED) is 0.704. The first-order valence-electron chi connectivity index (χ1n) is 7.27. The Kier molecular flexibility index (Phi) is 11.1. The average molecular weight is 304 g/mol. The highest BCUT2D eigenvalue weighted by Gasteiger charge is 2.10. The molecule has 0 fully saturated rings. The second kappa shape index (κ2) is 12.4. The van der Waals surface area contributed by atoms with Gasteiger partial charge in [0.2, 0.25) is 0 Å². The van der Waals surface area contributed by atoms with Gasteiger partial charge in [-0.25, -0.2) is 0 Å². The lowest BCUT2D eigenvalue weighted by molar-refractivity contribution is -0.137. The van der Waals surface area contributed by atoms with Crippen molar-refractivity contribution in [3.8, 4) is 0 Å². The second-order valence-electron chi connectivity index (χ2n) is 4.71. The van der Waals surface area contributed by atoms with Gasteiger partial charge in [-0.15, -0.1) is 6.58 Å². The minimum absolute atomic E-state index is 0.0845. The van der Waals surface area contributed by atoms with Crippen LogP contribution in [0.5, 0.6) is 0 Å². The van der Waals surface area contributed by atoms with Crippen LogP contribution in [0.4, 0.5) is 0 Å². The molecular weight excluding hydrogens is 280 g/mol. The van der Waals surface area contributed by atoms with E-state index in [0.29, 0.717) is 0 Å². The maximum atomic E-state index is 10.5. The Morgan fingerprint density at radius 2 is 1.77 bits per heavy atom. The molecule has 22 heavy (non-hydrogen) atoms. The highest BCUT2D eigenvalue weighted by Crippen LogP contribution is 2.19. The number of unbranched alkanes of at least 4 members (excludes halogenated alkanes) is 1. The van der Waals surface area contributed by atoms with Gasteiger partial charge in [0.25, 0.3) is 0 Å². The highest BCUT2D eigenvalue weighted by atomic mass is 16.4. The zero-order valence-corrected chi connectivity index (χ0v) is 12.9. The average Bonchev–Trinajstić information content (AvgIpc) is 2.50. The molecule has 4 heteroatoms. The number of carboxylic acids is 2. The molecule has 4 nitrogen and oxygen atoms in total. The second-order valence-corrected chi connectivity index (χ2v) is 4.71.